The zero-order chi connectivity index (χ0) is 15.9. The molecule has 2 N–H and O–H groups in total. The Morgan fingerprint density at radius 2 is 2.14 bits per heavy atom. The summed E-state index contributed by atoms with van der Waals surface area (Å²) in [6.45, 7) is 3.09. The minimum atomic E-state index is -0.239. The summed E-state index contributed by atoms with van der Waals surface area (Å²) in [7, 11) is 0. The van der Waals surface area contributed by atoms with E-state index in [1.807, 2.05) is 42.2 Å². The number of carbonyl (C=O) groups is 2. The van der Waals surface area contributed by atoms with Gasteiger partial charge in [-0.1, -0.05) is 30.3 Å². The number of alkyl halides is 1. The summed E-state index contributed by atoms with van der Waals surface area (Å²) in [5.41, 5.74) is 1.10. The molecule has 22 heavy (non-hydrogen) atoms. The Balaban J connectivity index is 1.87. The van der Waals surface area contributed by atoms with Gasteiger partial charge in [0.2, 0.25) is 5.91 Å². The molecular formula is C16H22ClN3O2. The molecule has 0 saturated carbocycles. The number of carbonyl (C=O) groups excluding carboxylic acids is 2. The van der Waals surface area contributed by atoms with Gasteiger partial charge in [0.15, 0.2) is 0 Å². The SMILES string of the molecule is CC(c1ccccc1)N1CC(NC(=O)NCCCCl)CC1=O. The smallest absolute Gasteiger partial charge is 0.315 e. The molecule has 2 atom stereocenters. The van der Waals surface area contributed by atoms with E-state index in [1.165, 1.54) is 0 Å². The Hall–Kier alpha value is -1.75. The normalized spacial score (nSPS) is 19.1. The Morgan fingerprint density at radius 3 is 2.82 bits per heavy atom. The topological polar surface area (TPSA) is 61.4 Å². The summed E-state index contributed by atoms with van der Waals surface area (Å²) in [4.78, 5) is 25.7. The first-order chi connectivity index (χ1) is 10.6. The summed E-state index contributed by atoms with van der Waals surface area (Å²) >= 11 is 5.56. The predicted molar refractivity (Wildman–Crippen MR) is 86.8 cm³/mol. The molecule has 0 radical (unpaired) electrons. The van der Waals surface area contributed by atoms with E-state index in [1.54, 1.807) is 0 Å². The maximum atomic E-state index is 12.2. The second kappa shape index (κ2) is 8.03. The molecule has 2 rings (SSSR count). The summed E-state index contributed by atoms with van der Waals surface area (Å²) in [5.74, 6) is 0.590. The highest BCUT2D eigenvalue weighted by molar-refractivity contribution is 6.17. The Kier molecular flexibility index (Phi) is 6.07. The molecular weight excluding hydrogens is 302 g/mol. The van der Waals surface area contributed by atoms with Crippen LogP contribution in [0.25, 0.3) is 0 Å². The lowest BCUT2D eigenvalue weighted by molar-refractivity contribution is -0.129. The largest absolute Gasteiger partial charge is 0.338 e. The van der Waals surface area contributed by atoms with Crippen molar-refractivity contribution in [2.75, 3.05) is 19.0 Å². The van der Waals surface area contributed by atoms with Gasteiger partial charge in [0, 0.05) is 25.4 Å². The standard InChI is InChI=1S/C16H22ClN3O2/c1-12(13-6-3-2-4-7-13)20-11-14(10-15(20)21)19-16(22)18-9-5-8-17/h2-4,6-7,12,14H,5,8-11H2,1H3,(H2,18,19,22). The van der Waals surface area contributed by atoms with Gasteiger partial charge in [-0.15, -0.1) is 11.6 Å². The molecule has 1 aromatic rings. The van der Waals surface area contributed by atoms with Crippen LogP contribution in [0.1, 0.15) is 31.4 Å². The van der Waals surface area contributed by atoms with E-state index in [0.717, 1.165) is 12.0 Å². The first-order valence-electron chi connectivity index (χ1n) is 7.56. The third kappa shape index (κ3) is 4.37. The average molecular weight is 324 g/mol. The van der Waals surface area contributed by atoms with Crippen molar-refractivity contribution in [3.05, 3.63) is 35.9 Å². The maximum Gasteiger partial charge on any atom is 0.315 e. The van der Waals surface area contributed by atoms with E-state index in [9.17, 15) is 9.59 Å². The van der Waals surface area contributed by atoms with E-state index in [2.05, 4.69) is 10.6 Å². The number of likely N-dealkylation sites (tertiary alicyclic amines) is 1. The summed E-state index contributed by atoms with van der Waals surface area (Å²) < 4.78 is 0. The number of nitrogens with zero attached hydrogens (tertiary/aromatic N) is 1. The fourth-order valence-corrected chi connectivity index (χ4v) is 2.75. The van der Waals surface area contributed by atoms with Gasteiger partial charge in [-0.3, -0.25) is 4.79 Å². The van der Waals surface area contributed by atoms with Gasteiger partial charge in [-0.25, -0.2) is 4.79 Å². The van der Waals surface area contributed by atoms with Gasteiger partial charge < -0.3 is 15.5 Å². The lowest BCUT2D eigenvalue weighted by Crippen LogP contribution is -2.43. The van der Waals surface area contributed by atoms with Crippen molar-refractivity contribution in [3.8, 4) is 0 Å². The zero-order valence-electron chi connectivity index (χ0n) is 12.7. The van der Waals surface area contributed by atoms with E-state index < -0.39 is 0 Å². The van der Waals surface area contributed by atoms with Gasteiger partial charge in [0.25, 0.3) is 0 Å². The van der Waals surface area contributed by atoms with E-state index in [-0.39, 0.29) is 24.0 Å². The highest BCUT2D eigenvalue weighted by atomic mass is 35.5. The van der Waals surface area contributed by atoms with Crippen LogP contribution in [-0.4, -0.2) is 41.8 Å². The second-order valence-corrected chi connectivity index (χ2v) is 5.85. The van der Waals surface area contributed by atoms with Crippen LogP contribution >= 0.6 is 11.6 Å². The third-order valence-corrected chi connectivity index (χ3v) is 4.11. The molecule has 0 spiro atoms. The van der Waals surface area contributed by atoms with Crippen LogP contribution in [-0.2, 0) is 4.79 Å². The number of hydrogen-bond acceptors (Lipinski definition) is 2. The van der Waals surface area contributed by atoms with Crippen LogP contribution in [0.4, 0.5) is 4.79 Å². The van der Waals surface area contributed by atoms with Crippen molar-refractivity contribution in [1.29, 1.82) is 0 Å². The number of nitrogens with one attached hydrogen (secondary N) is 2. The van der Waals surface area contributed by atoms with Gasteiger partial charge in [0.1, 0.15) is 0 Å². The van der Waals surface area contributed by atoms with Crippen molar-refractivity contribution >= 4 is 23.5 Å². The maximum absolute atomic E-state index is 12.2. The molecule has 0 bridgehead atoms. The molecule has 120 valence electrons. The first-order valence-corrected chi connectivity index (χ1v) is 8.10. The van der Waals surface area contributed by atoms with Crippen molar-refractivity contribution < 1.29 is 9.59 Å². The molecule has 0 aromatic heterocycles. The molecule has 1 saturated heterocycles. The van der Waals surface area contributed by atoms with Crippen molar-refractivity contribution in [3.63, 3.8) is 0 Å². The van der Waals surface area contributed by atoms with Gasteiger partial charge >= 0.3 is 6.03 Å². The predicted octanol–water partition coefficient (Wildman–Crippen LogP) is 2.28. The van der Waals surface area contributed by atoms with Crippen molar-refractivity contribution in [2.24, 2.45) is 0 Å². The molecule has 1 heterocycles. The van der Waals surface area contributed by atoms with Crippen LogP contribution in [0.15, 0.2) is 30.3 Å². The molecule has 2 unspecified atom stereocenters. The monoisotopic (exact) mass is 323 g/mol. The van der Waals surface area contributed by atoms with E-state index in [0.29, 0.717) is 25.4 Å². The summed E-state index contributed by atoms with van der Waals surface area (Å²) in [5, 5.41) is 5.59. The molecule has 1 aliphatic rings. The third-order valence-electron chi connectivity index (χ3n) is 3.84. The Morgan fingerprint density at radius 1 is 1.41 bits per heavy atom. The van der Waals surface area contributed by atoms with Crippen LogP contribution in [0, 0.1) is 0 Å². The van der Waals surface area contributed by atoms with Crippen LogP contribution in [0.3, 0.4) is 0 Å². The molecule has 5 nitrogen and oxygen atoms in total. The molecule has 0 aliphatic carbocycles. The van der Waals surface area contributed by atoms with Crippen molar-refractivity contribution in [1.82, 2.24) is 15.5 Å². The van der Waals surface area contributed by atoms with Crippen LogP contribution in [0.5, 0.6) is 0 Å². The highest BCUT2D eigenvalue weighted by Crippen LogP contribution is 2.25. The molecule has 1 aliphatic heterocycles. The zero-order valence-corrected chi connectivity index (χ0v) is 13.5. The van der Waals surface area contributed by atoms with Crippen molar-refractivity contribution in [2.45, 2.75) is 31.8 Å². The highest BCUT2D eigenvalue weighted by Gasteiger charge is 2.33. The minimum Gasteiger partial charge on any atom is -0.338 e. The summed E-state index contributed by atoms with van der Waals surface area (Å²) in [6.07, 6.45) is 1.08. The fraction of sp³-hybridized carbons (Fsp3) is 0.500. The number of amides is 3. The first kappa shape index (κ1) is 16.6. The molecule has 3 amide bonds. The van der Waals surface area contributed by atoms with Crippen LogP contribution < -0.4 is 10.6 Å². The Labute approximate surface area is 136 Å². The number of benzene rings is 1. The molecule has 1 fully saturated rings. The van der Waals surface area contributed by atoms with Gasteiger partial charge in [-0.05, 0) is 18.9 Å². The number of rotatable bonds is 6. The quantitative estimate of drug-likeness (QED) is 0.623. The summed E-state index contributed by atoms with van der Waals surface area (Å²) in [6, 6.07) is 9.54. The van der Waals surface area contributed by atoms with Gasteiger partial charge in [0.05, 0.1) is 12.1 Å². The average Bonchev–Trinajstić information content (AvgIpc) is 2.88. The Bertz CT molecular complexity index is 509. The fourth-order valence-electron chi connectivity index (χ4n) is 2.62. The number of halogens is 1. The van der Waals surface area contributed by atoms with E-state index in [4.69, 9.17) is 11.6 Å². The second-order valence-electron chi connectivity index (χ2n) is 5.48. The van der Waals surface area contributed by atoms with Crippen LogP contribution in [0.2, 0.25) is 0 Å². The van der Waals surface area contributed by atoms with E-state index >= 15 is 0 Å². The van der Waals surface area contributed by atoms with Gasteiger partial charge in [-0.2, -0.15) is 0 Å². The number of urea groups is 1. The lowest BCUT2D eigenvalue weighted by atomic mass is 10.1. The minimum absolute atomic E-state index is 0.0137. The molecule has 6 heteroatoms. The number of hydrogen-bond donors (Lipinski definition) is 2. The lowest BCUT2D eigenvalue weighted by Gasteiger charge is -2.25. The molecule has 1 aromatic carbocycles.